The van der Waals surface area contributed by atoms with Crippen LogP contribution in [0.4, 0.5) is 13.2 Å². The molecular formula is C9H8F3NO3S. The molecule has 0 radical (unpaired) electrons. The Morgan fingerprint density at radius 1 is 1.41 bits per heavy atom. The second-order valence-corrected chi connectivity index (χ2v) is 4.29. The third-order valence-corrected chi connectivity index (χ3v) is 2.79. The highest BCUT2D eigenvalue weighted by Gasteiger charge is 2.42. The van der Waals surface area contributed by atoms with Crippen LogP contribution >= 0.6 is 11.3 Å². The molecule has 0 aromatic carbocycles. The highest BCUT2D eigenvalue weighted by atomic mass is 32.1. The predicted octanol–water partition coefficient (Wildman–Crippen LogP) is 2.51. The van der Waals surface area contributed by atoms with E-state index in [1.54, 1.807) is 0 Å². The van der Waals surface area contributed by atoms with Gasteiger partial charge >= 0.3 is 18.1 Å². The van der Waals surface area contributed by atoms with Crippen LogP contribution in [0.2, 0.25) is 0 Å². The molecule has 1 rings (SSSR count). The summed E-state index contributed by atoms with van der Waals surface area (Å²) in [6, 6.07) is 0. The topological polar surface area (TPSA) is 56.3 Å². The zero-order valence-corrected chi connectivity index (χ0v) is 9.69. The maximum atomic E-state index is 11.8. The van der Waals surface area contributed by atoms with Gasteiger partial charge in [-0.2, -0.15) is 13.2 Å². The Hall–Kier alpha value is -1.44. The Balaban J connectivity index is 2.74. The first-order valence-corrected chi connectivity index (χ1v) is 5.38. The molecule has 0 spiro atoms. The SMILES string of the molecule is CC(C)c1nc(C(=O)OC(=O)C(F)(F)F)cs1. The molecule has 0 saturated heterocycles. The first-order chi connectivity index (χ1) is 7.71. The number of thiazole rings is 1. The van der Waals surface area contributed by atoms with Gasteiger partial charge < -0.3 is 4.74 Å². The highest BCUT2D eigenvalue weighted by Crippen LogP contribution is 2.21. The zero-order valence-electron chi connectivity index (χ0n) is 8.87. The van der Waals surface area contributed by atoms with Crippen LogP contribution in [-0.2, 0) is 9.53 Å². The largest absolute Gasteiger partial charge is 0.491 e. The molecule has 0 aliphatic carbocycles. The molecule has 0 aliphatic heterocycles. The zero-order chi connectivity index (χ0) is 13.2. The van der Waals surface area contributed by atoms with E-state index in [1.165, 1.54) is 5.38 Å². The number of nitrogens with zero attached hydrogens (tertiary/aromatic N) is 1. The van der Waals surface area contributed by atoms with E-state index < -0.39 is 18.1 Å². The lowest BCUT2D eigenvalue weighted by Gasteiger charge is -2.03. The number of carbonyl (C=O) groups excluding carboxylic acids is 2. The van der Waals surface area contributed by atoms with Crippen LogP contribution in [0.15, 0.2) is 5.38 Å². The standard InChI is InChI=1S/C9H8F3NO3S/c1-4(2)6-13-5(3-17-6)7(14)16-8(15)9(10,11)12/h3-4H,1-2H3. The molecule has 0 atom stereocenters. The maximum absolute atomic E-state index is 11.8. The fourth-order valence-electron chi connectivity index (χ4n) is 0.841. The molecule has 0 amide bonds. The fourth-order valence-corrected chi connectivity index (χ4v) is 1.65. The van der Waals surface area contributed by atoms with Crippen molar-refractivity contribution in [3.05, 3.63) is 16.1 Å². The number of hydrogen-bond donors (Lipinski definition) is 0. The molecular weight excluding hydrogens is 259 g/mol. The third-order valence-electron chi connectivity index (χ3n) is 1.64. The molecule has 0 unspecified atom stereocenters. The molecule has 1 aromatic heterocycles. The second-order valence-electron chi connectivity index (χ2n) is 3.40. The van der Waals surface area contributed by atoms with Crippen LogP contribution < -0.4 is 0 Å². The van der Waals surface area contributed by atoms with Crippen molar-refractivity contribution in [1.82, 2.24) is 4.98 Å². The second kappa shape index (κ2) is 4.82. The lowest BCUT2D eigenvalue weighted by molar-refractivity contribution is -0.193. The summed E-state index contributed by atoms with van der Waals surface area (Å²) in [5.41, 5.74) is -0.295. The van der Waals surface area contributed by atoms with Gasteiger partial charge in [-0.15, -0.1) is 11.3 Å². The van der Waals surface area contributed by atoms with Crippen LogP contribution in [0.3, 0.4) is 0 Å². The molecule has 0 saturated carbocycles. The number of ether oxygens (including phenoxy) is 1. The summed E-state index contributed by atoms with van der Waals surface area (Å²) in [5.74, 6) is -3.89. The van der Waals surface area contributed by atoms with Gasteiger partial charge in [0.1, 0.15) is 0 Å². The van der Waals surface area contributed by atoms with E-state index in [0.717, 1.165) is 11.3 Å². The summed E-state index contributed by atoms with van der Waals surface area (Å²) in [4.78, 5) is 25.3. The van der Waals surface area contributed by atoms with Gasteiger partial charge in [0.2, 0.25) is 0 Å². The van der Waals surface area contributed by atoms with Gasteiger partial charge in [-0.3, -0.25) is 0 Å². The molecule has 0 aliphatic rings. The number of alkyl halides is 3. The van der Waals surface area contributed by atoms with E-state index in [0.29, 0.717) is 5.01 Å². The maximum Gasteiger partial charge on any atom is 0.491 e. The summed E-state index contributed by atoms with van der Waals surface area (Å²) in [6.45, 7) is 3.63. The normalized spacial score (nSPS) is 11.6. The molecule has 0 bridgehead atoms. The Bertz CT molecular complexity index is 439. The van der Waals surface area contributed by atoms with Crippen molar-refractivity contribution in [3.8, 4) is 0 Å². The minimum atomic E-state index is -5.19. The Labute approximate surface area is 98.4 Å². The molecule has 17 heavy (non-hydrogen) atoms. The molecule has 94 valence electrons. The Morgan fingerprint density at radius 2 is 2.00 bits per heavy atom. The number of rotatable bonds is 2. The van der Waals surface area contributed by atoms with Gasteiger partial charge in [-0.1, -0.05) is 13.8 Å². The average molecular weight is 267 g/mol. The molecule has 0 N–H and O–H groups in total. The van der Waals surface area contributed by atoms with Crippen LogP contribution in [-0.4, -0.2) is 23.1 Å². The summed E-state index contributed by atoms with van der Waals surface area (Å²) < 4.78 is 39.1. The number of halogens is 3. The monoisotopic (exact) mass is 267 g/mol. The number of carbonyl (C=O) groups is 2. The van der Waals surface area contributed by atoms with E-state index in [4.69, 9.17) is 0 Å². The van der Waals surface area contributed by atoms with Crippen molar-refractivity contribution in [3.63, 3.8) is 0 Å². The minimum Gasteiger partial charge on any atom is -0.381 e. The van der Waals surface area contributed by atoms with Gasteiger partial charge in [0.25, 0.3) is 0 Å². The van der Waals surface area contributed by atoms with E-state index >= 15 is 0 Å². The number of aromatic nitrogens is 1. The summed E-state index contributed by atoms with van der Waals surface area (Å²) in [6.07, 6.45) is -5.19. The molecule has 0 fully saturated rings. The lowest BCUT2D eigenvalue weighted by atomic mass is 10.2. The molecule has 4 nitrogen and oxygen atoms in total. The number of esters is 2. The van der Waals surface area contributed by atoms with E-state index in [2.05, 4.69) is 9.72 Å². The van der Waals surface area contributed by atoms with Crippen LogP contribution in [0.1, 0.15) is 35.3 Å². The van der Waals surface area contributed by atoms with Gasteiger partial charge in [-0.25, -0.2) is 14.6 Å². The Kier molecular flexibility index (Phi) is 3.87. The van der Waals surface area contributed by atoms with E-state index in [1.807, 2.05) is 13.8 Å². The number of hydrogen-bond acceptors (Lipinski definition) is 5. The van der Waals surface area contributed by atoms with Crippen LogP contribution in [0, 0.1) is 0 Å². The van der Waals surface area contributed by atoms with Gasteiger partial charge in [0.15, 0.2) is 5.69 Å². The predicted molar refractivity (Wildman–Crippen MR) is 52.7 cm³/mol. The summed E-state index contributed by atoms with van der Waals surface area (Å²) in [7, 11) is 0. The highest BCUT2D eigenvalue weighted by molar-refractivity contribution is 7.09. The Morgan fingerprint density at radius 3 is 2.41 bits per heavy atom. The average Bonchev–Trinajstić information content (AvgIpc) is 2.64. The first-order valence-electron chi connectivity index (χ1n) is 4.50. The third kappa shape index (κ3) is 3.52. The fraction of sp³-hybridized carbons (Fsp3) is 0.444. The van der Waals surface area contributed by atoms with E-state index in [-0.39, 0.29) is 11.6 Å². The molecule has 1 aromatic rings. The van der Waals surface area contributed by atoms with Crippen LogP contribution in [0.5, 0.6) is 0 Å². The smallest absolute Gasteiger partial charge is 0.381 e. The van der Waals surface area contributed by atoms with Crippen molar-refractivity contribution in [2.24, 2.45) is 0 Å². The minimum absolute atomic E-state index is 0.0415. The van der Waals surface area contributed by atoms with Crippen molar-refractivity contribution in [1.29, 1.82) is 0 Å². The lowest BCUT2D eigenvalue weighted by Crippen LogP contribution is -2.28. The van der Waals surface area contributed by atoms with Gasteiger partial charge in [0, 0.05) is 11.3 Å². The van der Waals surface area contributed by atoms with Crippen molar-refractivity contribution >= 4 is 23.3 Å². The summed E-state index contributed by atoms with van der Waals surface area (Å²) in [5, 5.41) is 1.83. The van der Waals surface area contributed by atoms with Crippen LogP contribution in [0.25, 0.3) is 0 Å². The summed E-state index contributed by atoms with van der Waals surface area (Å²) >= 11 is 1.12. The van der Waals surface area contributed by atoms with Gasteiger partial charge in [-0.05, 0) is 0 Å². The molecule has 1 heterocycles. The van der Waals surface area contributed by atoms with Crippen molar-refractivity contribution in [2.75, 3.05) is 0 Å². The quantitative estimate of drug-likeness (QED) is 0.610. The van der Waals surface area contributed by atoms with E-state index in [9.17, 15) is 22.8 Å². The van der Waals surface area contributed by atoms with Crippen molar-refractivity contribution in [2.45, 2.75) is 25.9 Å². The molecule has 8 heteroatoms. The first kappa shape index (κ1) is 13.6. The van der Waals surface area contributed by atoms with Gasteiger partial charge in [0.05, 0.1) is 5.01 Å². The van der Waals surface area contributed by atoms with Crippen molar-refractivity contribution < 1.29 is 27.5 Å².